The number of methoxy groups -OCH3 is 1. The average Bonchev–Trinajstić information content (AvgIpc) is 2.38. The SMILES string of the molecule is CCNCCc1ccccc1CN(C)CCOC. The number of likely N-dealkylation sites (N-methyl/N-ethyl adjacent to an activating group) is 2. The van der Waals surface area contributed by atoms with Gasteiger partial charge in [0.25, 0.3) is 0 Å². The van der Waals surface area contributed by atoms with Gasteiger partial charge >= 0.3 is 0 Å². The standard InChI is InChI=1S/C15H26N2O/c1-4-16-10-9-14-7-5-6-8-15(14)13-17(2)11-12-18-3/h5-8,16H,4,9-13H2,1-3H3. The van der Waals surface area contributed by atoms with Crippen LogP contribution in [-0.2, 0) is 17.7 Å². The topological polar surface area (TPSA) is 24.5 Å². The Morgan fingerprint density at radius 1 is 1.22 bits per heavy atom. The molecule has 0 heterocycles. The Hall–Kier alpha value is -0.900. The van der Waals surface area contributed by atoms with Gasteiger partial charge in [0, 0.05) is 20.2 Å². The highest BCUT2D eigenvalue weighted by Gasteiger charge is 2.04. The summed E-state index contributed by atoms with van der Waals surface area (Å²) < 4.78 is 5.11. The van der Waals surface area contributed by atoms with Crippen molar-refractivity contribution in [2.24, 2.45) is 0 Å². The summed E-state index contributed by atoms with van der Waals surface area (Å²) in [7, 11) is 3.89. The Labute approximate surface area is 111 Å². The molecule has 0 aromatic heterocycles. The van der Waals surface area contributed by atoms with E-state index in [0.29, 0.717) is 0 Å². The van der Waals surface area contributed by atoms with E-state index >= 15 is 0 Å². The largest absolute Gasteiger partial charge is 0.383 e. The highest BCUT2D eigenvalue weighted by Crippen LogP contribution is 2.11. The summed E-state index contributed by atoms with van der Waals surface area (Å²) in [5, 5.41) is 3.38. The fourth-order valence-electron chi connectivity index (χ4n) is 1.97. The van der Waals surface area contributed by atoms with Gasteiger partial charge in [-0.1, -0.05) is 31.2 Å². The zero-order valence-electron chi connectivity index (χ0n) is 11.9. The Balaban J connectivity index is 2.52. The minimum Gasteiger partial charge on any atom is -0.383 e. The van der Waals surface area contributed by atoms with E-state index in [1.807, 2.05) is 0 Å². The van der Waals surface area contributed by atoms with Crippen molar-refractivity contribution in [2.75, 3.05) is 40.4 Å². The van der Waals surface area contributed by atoms with E-state index in [2.05, 4.69) is 48.5 Å². The fourth-order valence-corrected chi connectivity index (χ4v) is 1.97. The van der Waals surface area contributed by atoms with Crippen LogP contribution < -0.4 is 5.32 Å². The molecule has 18 heavy (non-hydrogen) atoms. The number of benzene rings is 1. The van der Waals surface area contributed by atoms with Crippen LogP contribution in [0.1, 0.15) is 18.1 Å². The van der Waals surface area contributed by atoms with Gasteiger partial charge in [-0.2, -0.15) is 0 Å². The van der Waals surface area contributed by atoms with Gasteiger partial charge in [-0.25, -0.2) is 0 Å². The number of nitrogens with zero attached hydrogens (tertiary/aromatic N) is 1. The Morgan fingerprint density at radius 2 is 1.94 bits per heavy atom. The third-order valence-electron chi connectivity index (χ3n) is 3.06. The molecular weight excluding hydrogens is 224 g/mol. The van der Waals surface area contributed by atoms with E-state index in [4.69, 9.17) is 4.74 Å². The molecule has 0 aliphatic rings. The van der Waals surface area contributed by atoms with E-state index < -0.39 is 0 Å². The second-order valence-corrected chi connectivity index (χ2v) is 4.60. The summed E-state index contributed by atoms with van der Waals surface area (Å²) in [6.45, 7) is 6.98. The molecule has 0 radical (unpaired) electrons. The lowest BCUT2D eigenvalue weighted by atomic mass is 10.0. The van der Waals surface area contributed by atoms with Gasteiger partial charge < -0.3 is 10.1 Å². The minimum atomic E-state index is 0.788. The maximum atomic E-state index is 5.11. The summed E-state index contributed by atoms with van der Waals surface area (Å²) in [6, 6.07) is 8.71. The van der Waals surface area contributed by atoms with Crippen molar-refractivity contribution < 1.29 is 4.74 Å². The van der Waals surface area contributed by atoms with Crippen LogP contribution >= 0.6 is 0 Å². The summed E-state index contributed by atoms with van der Waals surface area (Å²) >= 11 is 0. The van der Waals surface area contributed by atoms with Crippen LogP contribution in [0.15, 0.2) is 24.3 Å². The number of rotatable bonds is 9. The highest BCUT2D eigenvalue weighted by molar-refractivity contribution is 5.27. The molecule has 1 N–H and O–H groups in total. The molecule has 0 fully saturated rings. The summed E-state index contributed by atoms with van der Waals surface area (Å²) in [5.41, 5.74) is 2.87. The molecule has 0 saturated heterocycles. The van der Waals surface area contributed by atoms with Gasteiger partial charge in [0.15, 0.2) is 0 Å². The van der Waals surface area contributed by atoms with Crippen molar-refractivity contribution in [1.29, 1.82) is 0 Å². The molecule has 3 nitrogen and oxygen atoms in total. The van der Waals surface area contributed by atoms with Crippen LogP contribution in [0.4, 0.5) is 0 Å². The zero-order chi connectivity index (χ0) is 13.2. The first-order valence-corrected chi connectivity index (χ1v) is 6.73. The summed E-state index contributed by atoms with van der Waals surface area (Å²) in [4.78, 5) is 2.30. The second kappa shape index (κ2) is 9.09. The van der Waals surface area contributed by atoms with Crippen molar-refractivity contribution in [3.8, 4) is 0 Å². The van der Waals surface area contributed by atoms with E-state index in [1.165, 1.54) is 11.1 Å². The van der Waals surface area contributed by atoms with Crippen molar-refractivity contribution in [2.45, 2.75) is 19.9 Å². The molecule has 1 rings (SSSR count). The predicted octanol–water partition coefficient (Wildman–Crippen LogP) is 1.92. The van der Waals surface area contributed by atoms with Crippen molar-refractivity contribution in [1.82, 2.24) is 10.2 Å². The highest BCUT2D eigenvalue weighted by atomic mass is 16.5. The maximum Gasteiger partial charge on any atom is 0.0589 e. The van der Waals surface area contributed by atoms with Gasteiger partial charge in [0.1, 0.15) is 0 Å². The molecule has 0 amide bonds. The van der Waals surface area contributed by atoms with Crippen LogP contribution in [0.3, 0.4) is 0 Å². The van der Waals surface area contributed by atoms with Crippen molar-refractivity contribution in [3.05, 3.63) is 35.4 Å². The summed E-state index contributed by atoms with van der Waals surface area (Å²) in [6.07, 6.45) is 1.10. The Bertz CT molecular complexity index is 328. The average molecular weight is 250 g/mol. The van der Waals surface area contributed by atoms with Crippen molar-refractivity contribution >= 4 is 0 Å². The molecule has 0 unspecified atom stereocenters. The van der Waals surface area contributed by atoms with Crippen LogP contribution in [0.2, 0.25) is 0 Å². The molecule has 0 bridgehead atoms. The smallest absolute Gasteiger partial charge is 0.0589 e. The van der Waals surface area contributed by atoms with E-state index in [-0.39, 0.29) is 0 Å². The lowest BCUT2D eigenvalue weighted by Crippen LogP contribution is -2.23. The van der Waals surface area contributed by atoms with Crippen LogP contribution in [0.25, 0.3) is 0 Å². The number of nitrogens with one attached hydrogen (secondary N) is 1. The third kappa shape index (κ3) is 5.63. The van der Waals surface area contributed by atoms with Crippen LogP contribution in [0.5, 0.6) is 0 Å². The molecule has 102 valence electrons. The first-order valence-electron chi connectivity index (χ1n) is 6.73. The molecule has 0 aliphatic heterocycles. The van der Waals surface area contributed by atoms with Crippen molar-refractivity contribution in [3.63, 3.8) is 0 Å². The molecule has 3 heteroatoms. The van der Waals surface area contributed by atoms with E-state index in [9.17, 15) is 0 Å². The van der Waals surface area contributed by atoms with E-state index in [1.54, 1.807) is 7.11 Å². The van der Waals surface area contributed by atoms with Gasteiger partial charge in [0.2, 0.25) is 0 Å². The van der Waals surface area contributed by atoms with E-state index in [0.717, 1.165) is 39.2 Å². The Morgan fingerprint density at radius 3 is 2.61 bits per heavy atom. The Kier molecular flexibility index (Phi) is 7.65. The van der Waals surface area contributed by atoms with Gasteiger partial charge in [-0.05, 0) is 37.7 Å². The maximum absolute atomic E-state index is 5.11. The predicted molar refractivity (Wildman–Crippen MR) is 76.9 cm³/mol. The number of hydrogen-bond acceptors (Lipinski definition) is 3. The fraction of sp³-hybridized carbons (Fsp3) is 0.600. The monoisotopic (exact) mass is 250 g/mol. The normalized spacial score (nSPS) is 11.1. The second-order valence-electron chi connectivity index (χ2n) is 4.60. The lowest BCUT2D eigenvalue weighted by molar-refractivity contribution is 0.158. The molecular formula is C15H26N2O. The first kappa shape index (κ1) is 15.2. The van der Waals surface area contributed by atoms with Gasteiger partial charge in [-0.3, -0.25) is 4.90 Å². The molecule has 0 spiro atoms. The van der Waals surface area contributed by atoms with Crippen LogP contribution in [-0.4, -0.2) is 45.3 Å². The zero-order valence-corrected chi connectivity index (χ0v) is 11.9. The molecule has 1 aromatic carbocycles. The molecule has 0 atom stereocenters. The molecule has 0 aliphatic carbocycles. The molecule has 0 saturated carbocycles. The third-order valence-corrected chi connectivity index (χ3v) is 3.06. The number of ether oxygens (including phenoxy) is 1. The van der Waals surface area contributed by atoms with Crippen LogP contribution in [0, 0.1) is 0 Å². The summed E-state index contributed by atoms with van der Waals surface area (Å²) in [5.74, 6) is 0. The first-order chi connectivity index (χ1) is 8.77. The number of hydrogen-bond donors (Lipinski definition) is 1. The van der Waals surface area contributed by atoms with Gasteiger partial charge in [-0.15, -0.1) is 0 Å². The quantitative estimate of drug-likeness (QED) is 0.678. The lowest BCUT2D eigenvalue weighted by Gasteiger charge is -2.18. The molecule has 1 aromatic rings. The van der Waals surface area contributed by atoms with Gasteiger partial charge in [0.05, 0.1) is 6.61 Å². The minimum absolute atomic E-state index is 0.788.